The topological polar surface area (TPSA) is 0 Å². The Morgan fingerprint density at radius 3 is 1.42 bits per heavy atom. The summed E-state index contributed by atoms with van der Waals surface area (Å²) < 4.78 is 1.11. The average molecular weight is 922 g/mol. The molecule has 6 aromatic rings. The zero-order valence-electron chi connectivity index (χ0n) is 36.6. The van der Waals surface area contributed by atoms with Gasteiger partial charge in [0.15, 0.2) is 0 Å². The first kappa shape index (κ1) is 41.8. The van der Waals surface area contributed by atoms with Gasteiger partial charge in [0.1, 0.15) is 0 Å². The van der Waals surface area contributed by atoms with Crippen LogP contribution in [0.1, 0.15) is 121 Å². The Morgan fingerprint density at radius 2 is 0.950 bits per heavy atom. The van der Waals surface area contributed by atoms with Gasteiger partial charge in [-0.3, -0.25) is 0 Å². The van der Waals surface area contributed by atoms with E-state index in [1.165, 1.54) is 91.6 Å². The van der Waals surface area contributed by atoms with Crippen molar-refractivity contribution < 1.29 is 16.4 Å². The molecule has 0 radical (unpaired) electrons. The molecule has 0 saturated heterocycles. The molecule has 6 aromatic carbocycles. The first-order valence-electron chi connectivity index (χ1n) is 22.4. The molecule has 0 spiro atoms. The third-order valence-corrected chi connectivity index (χ3v) is 36.5. The summed E-state index contributed by atoms with van der Waals surface area (Å²) in [6.45, 7) is 18.8. The molecule has 0 saturated carbocycles. The van der Waals surface area contributed by atoms with E-state index >= 15 is 0 Å². The molecule has 2 aliphatic carbocycles. The van der Waals surface area contributed by atoms with Crippen LogP contribution < -0.4 is 13.6 Å². The van der Waals surface area contributed by atoms with Crippen molar-refractivity contribution in [3.05, 3.63) is 172 Å². The van der Waals surface area contributed by atoms with Gasteiger partial charge in [0.05, 0.1) is 0 Å². The fraction of sp³-hybridized carbons (Fsp3) is 0.286. The van der Waals surface area contributed by atoms with Crippen molar-refractivity contribution in [1.82, 2.24) is 0 Å². The number of hydrogen-bond donors (Lipinski definition) is 0. The minimum absolute atomic E-state index is 0.100. The molecule has 0 amide bonds. The number of fused-ring (bicyclic) bond motifs is 5. The van der Waals surface area contributed by atoms with Crippen molar-refractivity contribution in [1.29, 1.82) is 0 Å². The molecule has 2 unspecified atom stereocenters. The van der Waals surface area contributed by atoms with Crippen molar-refractivity contribution in [2.24, 2.45) is 11.8 Å². The van der Waals surface area contributed by atoms with E-state index in [1.54, 1.807) is 0 Å². The zero-order valence-corrected chi connectivity index (χ0v) is 42.0. The summed E-state index contributed by atoms with van der Waals surface area (Å²) in [5.74, 6) is 1.59. The van der Waals surface area contributed by atoms with E-state index in [0.29, 0.717) is 23.7 Å². The van der Waals surface area contributed by atoms with Crippen molar-refractivity contribution in [2.75, 3.05) is 0 Å². The minimum atomic E-state index is -5.71. The van der Waals surface area contributed by atoms with Gasteiger partial charge < -0.3 is 0 Å². The Bertz CT molecular complexity index is 2550. The van der Waals surface area contributed by atoms with Gasteiger partial charge in [-0.1, -0.05) is 0 Å². The third-order valence-electron chi connectivity index (χ3n) is 13.7. The van der Waals surface area contributed by atoms with Crippen LogP contribution in [0.25, 0.3) is 45.5 Å². The van der Waals surface area contributed by atoms with Gasteiger partial charge in [-0.05, 0) is 0 Å². The molecule has 9 rings (SSSR count). The number of allylic oxidation sites excluding steroid dienone is 2. The molecule has 4 heteroatoms. The quantitative estimate of drug-likeness (QED) is 0.113. The number of rotatable bonds is 11. The van der Waals surface area contributed by atoms with Crippen molar-refractivity contribution in [3.8, 4) is 33.4 Å². The first-order valence-corrected chi connectivity index (χ1v) is 34.2. The molecule has 2 atom stereocenters. The van der Waals surface area contributed by atoms with E-state index in [0.717, 1.165) is 12.8 Å². The predicted molar refractivity (Wildman–Crippen MR) is 263 cm³/mol. The molecular weight excluding hydrogens is 863 g/mol. The van der Waals surface area contributed by atoms with Gasteiger partial charge in [-0.2, -0.15) is 0 Å². The van der Waals surface area contributed by atoms with Gasteiger partial charge >= 0.3 is 373 Å². The molecule has 0 nitrogen and oxygen atoms in total. The maximum atomic E-state index is 9.49. The maximum absolute atomic E-state index is 9.49. The van der Waals surface area contributed by atoms with E-state index in [4.69, 9.17) is 0 Å². The predicted octanol–water partition coefficient (Wildman–Crippen LogP) is 14.4. The van der Waals surface area contributed by atoms with Crippen LogP contribution in [0.15, 0.2) is 139 Å². The van der Waals surface area contributed by atoms with Crippen LogP contribution >= 0.6 is 17.0 Å². The Labute approximate surface area is 370 Å². The Kier molecular flexibility index (Phi) is 11.1. The fourth-order valence-electron chi connectivity index (χ4n) is 11.5. The summed E-state index contributed by atoms with van der Waals surface area (Å²) in [6.07, 6.45) is 7.04. The molecule has 0 fully saturated rings. The monoisotopic (exact) mass is 919 g/mol. The van der Waals surface area contributed by atoms with Crippen LogP contribution in [0.2, 0.25) is 0 Å². The molecular formula is C56H59Cl2SiZr. The second-order valence-corrected chi connectivity index (χ2v) is 41.9. The van der Waals surface area contributed by atoms with Crippen LogP contribution in [0, 0.1) is 11.8 Å². The van der Waals surface area contributed by atoms with Gasteiger partial charge in [-0.15, -0.1) is 0 Å². The molecule has 0 bridgehead atoms. The van der Waals surface area contributed by atoms with Crippen molar-refractivity contribution >= 4 is 52.3 Å². The van der Waals surface area contributed by atoms with Crippen LogP contribution in [0.3, 0.4) is 0 Å². The average Bonchev–Trinajstić information content (AvgIpc) is 3.91. The normalized spacial score (nSPS) is 17.8. The molecule has 60 heavy (non-hydrogen) atoms. The van der Waals surface area contributed by atoms with E-state index in [-0.39, 0.29) is 7.25 Å². The Balaban J connectivity index is 1.42. The van der Waals surface area contributed by atoms with Crippen molar-refractivity contribution in [2.45, 2.75) is 87.3 Å². The van der Waals surface area contributed by atoms with Gasteiger partial charge in [0.25, 0.3) is 0 Å². The molecule has 305 valence electrons. The van der Waals surface area contributed by atoms with Gasteiger partial charge in [0, 0.05) is 0 Å². The molecule has 1 heterocycles. The van der Waals surface area contributed by atoms with E-state index < -0.39 is 25.9 Å². The van der Waals surface area contributed by atoms with Crippen LogP contribution in [0.4, 0.5) is 0 Å². The molecule has 1 aliphatic heterocycles. The summed E-state index contributed by atoms with van der Waals surface area (Å²) in [5, 5.41) is 2.98. The number of hydrogen-bond acceptors (Lipinski definition) is 0. The molecule has 0 N–H and O–H groups in total. The summed E-state index contributed by atoms with van der Waals surface area (Å²) in [6, 6.07) is 48.1. The summed E-state index contributed by atoms with van der Waals surface area (Å²) in [7, 11) is 18.1. The van der Waals surface area contributed by atoms with Crippen LogP contribution in [-0.4, -0.2) is 9.52 Å². The van der Waals surface area contributed by atoms with Gasteiger partial charge in [-0.25, -0.2) is 0 Å². The number of halogens is 2. The zero-order chi connectivity index (χ0) is 42.1. The van der Waals surface area contributed by atoms with Gasteiger partial charge in [0.2, 0.25) is 0 Å². The third kappa shape index (κ3) is 6.79. The second-order valence-electron chi connectivity index (χ2n) is 19.4. The van der Waals surface area contributed by atoms with E-state index in [9.17, 15) is 17.0 Å². The van der Waals surface area contributed by atoms with Crippen LogP contribution in [0.5, 0.6) is 0 Å². The Morgan fingerprint density at radius 1 is 0.500 bits per heavy atom. The first-order chi connectivity index (χ1) is 28.8. The summed E-state index contributed by atoms with van der Waals surface area (Å²) >= 11 is -5.71. The fourth-order valence-corrected chi connectivity index (χ4v) is 39.4. The van der Waals surface area contributed by atoms with E-state index in [2.05, 4.69) is 195 Å². The van der Waals surface area contributed by atoms with E-state index in [1.807, 2.05) is 0 Å². The Hall–Kier alpha value is -3.52. The SMILES string of the molecule is CC(C)CC1=Cc2c(ccc(C(C)C)c2-c2ccccc2)[CH]1[Zr]([Cl])([Cl])([c]1cccc2c1[SiH2]c1ccccc1-2)[CH]1C(CC(C)C)=Cc2c1ccc(C(C)C)c2-c1ccccc1. The summed E-state index contributed by atoms with van der Waals surface area (Å²) in [4.78, 5) is 0. The second kappa shape index (κ2) is 16.0. The molecule has 0 aromatic heterocycles. The van der Waals surface area contributed by atoms with Crippen molar-refractivity contribution in [3.63, 3.8) is 0 Å². The summed E-state index contributed by atoms with van der Waals surface area (Å²) in [5.41, 5.74) is 18.9. The standard InChI is InChI=1S/2C22H25.C12H9Si.2ClH.Zr/c2*1-15(2)12-17-13-19-10-11-20(16(3)4)22(21(19)14-17)18-8-6-5-7-9-18;1-3-7-11-9(5-1)10-6-2-4-8-12(10)13-11;;;/h2*5-11,13-16H,12H2,1-4H3;1-7H,13H2;2*1H;/q;;;;;+2/p-2. The molecule has 3 aliphatic rings. The van der Waals surface area contributed by atoms with Crippen LogP contribution in [-0.2, 0) is 16.4 Å². The number of benzene rings is 6.